The van der Waals surface area contributed by atoms with Gasteiger partial charge in [-0.25, -0.2) is 8.42 Å². The van der Waals surface area contributed by atoms with Gasteiger partial charge in [-0.05, 0) is 47.0 Å². The number of unbranched alkanes of at least 4 members (excludes halogenated alkanes) is 1. The average molecular weight is 343 g/mol. The number of nitrogens with one attached hydrogen (secondary N) is 1. The molecule has 0 atom stereocenters. The van der Waals surface area contributed by atoms with Gasteiger partial charge in [0.15, 0.2) is 0 Å². The van der Waals surface area contributed by atoms with Gasteiger partial charge in [-0.2, -0.15) is 0 Å². The first kappa shape index (κ1) is 14.8. The van der Waals surface area contributed by atoms with Crippen LogP contribution in [0.3, 0.4) is 0 Å². The van der Waals surface area contributed by atoms with E-state index in [2.05, 4.69) is 20.7 Å². The number of halogens is 2. The summed E-state index contributed by atoms with van der Waals surface area (Å²) in [7, 11) is -3.37. The Labute approximate surface area is 114 Å². The average Bonchev–Trinajstić information content (AvgIpc) is 2.23. The fourth-order valence-corrected chi connectivity index (χ4v) is 2.79. The highest BCUT2D eigenvalue weighted by molar-refractivity contribution is 9.10. The third-order valence-corrected chi connectivity index (χ3v) is 4.62. The molecule has 2 N–H and O–H groups in total. The molecule has 0 amide bonds. The van der Waals surface area contributed by atoms with Crippen molar-refractivity contribution in [1.29, 1.82) is 0 Å². The van der Waals surface area contributed by atoms with E-state index in [1.807, 2.05) is 0 Å². The molecule has 0 radical (unpaired) electrons. The third-order valence-electron chi connectivity index (χ3n) is 2.01. The highest BCUT2D eigenvalue weighted by atomic mass is 79.9. The summed E-state index contributed by atoms with van der Waals surface area (Å²) < 4.78 is 26.4. The largest absolute Gasteiger partial charge is 0.396 e. The van der Waals surface area contributed by atoms with Gasteiger partial charge in [-0.15, -0.1) is 0 Å². The van der Waals surface area contributed by atoms with Crippen LogP contribution in [0.2, 0.25) is 5.02 Å². The van der Waals surface area contributed by atoms with Crippen LogP contribution in [0.4, 0.5) is 5.69 Å². The molecule has 0 fully saturated rings. The van der Waals surface area contributed by atoms with Gasteiger partial charge in [0.2, 0.25) is 10.0 Å². The molecule has 0 aliphatic rings. The molecule has 1 aromatic carbocycles. The fourth-order valence-electron chi connectivity index (χ4n) is 1.19. The van der Waals surface area contributed by atoms with Gasteiger partial charge in [0.25, 0.3) is 0 Å². The third kappa shape index (κ3) is 5.25. The van der Waals surface area contributed by atoms with Crippen molar-refractivity contribution in [2.45, 2.75) is 12.8 Å². The minimum absolute atomic E-state index is 0.000365. The van der Waals surface area contributed by atoms with Gasteiger partial charge in [-0.1, -0.05) is 11.6 Å². The second-order valence-corrected chi connectivity index (χ2v) is 6.58. The van der Waals surface area contributed by atoms with Crippen molar-refractivity contribution in [3.05, 3.63) is 27.7 Å². The lowest BCUT2D eigenvalue weighted by atomic mass is 10.3. The monoisotopic (exact) mass is 341 g/mol. The number of sulfonamides is 1. The van der Waals surface area contributed by atoms with Crippen LogP contribution < -0.4 is 4.72 Å². The summed E-state index contributed by atoms with van der Waals surface area (Å²) in [5, 5.41) is 9.03. The molecule has 0 aliphatic heterocycles. The molecule has 96 valence electrons. The highest BCUT2D eigenvalue weighted by Crippen LogP contribution is 2.26. The Balaban J connectivity index is 2.66. The number of aliphatic hydroxyl groups is 1. The van der Waals surface area contributed by atoms with Crippen molar-refractivity contribution in [1.82, 2.24) is 0 Å². The van der Waals surface area contributed by atoms with Crippen molar-refractivity contribution in [2.24, 2.45) is 0 Å². The first-order valence-corrected chi connectivity index (χ1v) is 7.83. The molecule has 0 heterocycles. The Morgan fingerprint density at radius 3 is 2.65 bits per heavy atom. The zero-order valence-electron chi connectivity index (χ0n) is 8.99. The molecule has 0 aromatic heterocycles. The molecular weight excluding hydrogens is 330 g/mol. The normalized spacial score (nSPS) is 11.5. The summed E-state index contributed by atoms with van der Waals surface area (Å²) >= 11 is 9.08. The van der Waals surface area contributed by atoms with Gasteiger partial charge >= 0.3 is 0 Å². The van der Waals surface area contributed by atoms with E-state index in [-0.39, 0.29) is 12.4 Å². The molecule has 0 saturated carbocycles. The quantitative estimate of drug-likeness (QED) is 0.781. The van der Waals surface area contributed by atoms with Gasteiger partial charge < -0.3 is 5.11 Å². The lowest BCUT2D eigenvalue weighted by Crippen LogP contribution is -2.16. The Kier molecular flexibility index (Phi) is 5.72. The van der Waals surface area contributed by atoms with E-state index in [4.69, 9.17) is 16.7 Å². The smallest absolute Gasteiger partial charge is 0.232 e. The van der Waals surface area contributed by atoms with Crippen LogP contribution in [0.15, 0.2) is 22.7 Å². The summed E-state index contributed by atoms with van der Waals surface area (Å²) in [5.74, 6) is -0.0127. The van der Waals surface area contributed by atoms with Crippen LogP contribution in [0.5, 0.6) is 0 Å². The first-order valence-electron chi connectivity index (χ1n) is 5.01. The molecule has 0 aliphatic carbocycles. The van der Waals surface area contributed by atoms with Crippen molar-refractivity contribution >= 4 is 43.2 Å². The Morgan fingerprint density at radius 1 is 1.35 bits per heavy atom. The minimum Gasteiger partial charge on any atom is -0.396 e. The standard InChI is InChI=1S/C10H13BrClNO3S/c11-9-4-3-8(7-10(9)12)13-17(15,16)6-2-1-5-14/h3-4,7,13-14H,1-2,5-6H2. The van der Waals surface area contributed by atoms with Crippen LogP contribution in [0.25, 0.3) is 0 Å². The predicted octanol–water partition coefficient (Wildman–Crippen LogP) is 2.62. The van der Waals surface area contributed by atoms with Crippen LogP contribution in [0, 0.1) is 0 Å². The number of hydrogen-bond donors (Lipinski definition) is 2. The van der Waals surface area contributed by atoms with Crippen LogP contribution in [-0.2, 0) is 10.0 Å². The van der Waals surface area contributed by atoms with Crippen LogP contribution >= 0.6 is 27.5 Å². The molecule has 0 saturated heterocycles. The van der Waals surface area contributed by atoms with Crippen molar-refractivity contribution in [2.75, 3.05) is 17.1 Å². The maximum absolute atomic E-state index is 11.6. The number of aliphatic hydroxyl groups excluding tert-OH is 1. The van der Waals surface area contributed by atoms with E-state index in [0.29, 0.717) is 28.0 Å². The molecule has 4 nitrogen and oxygen atoms in total. The Morgan fingerprint density at radius 2 is 2.06 bits per heavy atom. The van der Waals surface area contributed by atoms with Crippen molar-refractivity contribution in [3.63, 3.8) is 0 Å². The van der Waals surface area contributed by atoms with E-state index in [1.165, 1.54) is 6.07 Å². The summed E-state index contributed by atoms with van der Waals surface area (Å²) in [5.41, 5.74) is 0.433. The van der Waals surface area contributed by atoms with E-state index >= 15 is 0 Å². The lowest BCUT2D eigenvalue weighted by molar-refractivity contribution is 0.287. The van der Waals surface area contributed by atoms with Crippen molar-refractivity contribution in [3.8, 4) is 0 Å². The summed E-state index contributed by atoms with van der Waals surface area (Å²) in [6.45, 7) is -0.000365. The summed E-state index contributed by atoms with van der Waals surface area (Å²) in [4.78, 5) is 0. The first-order chi connectivity index (χ1) is 7.94. The van der Waals surface area contributed by atoms with E-state index in [1.54, 1.807) is 12.1 Å². The minimum atomic E-state index is -3.37. The molecular formula is C10H13BrClNO3S. The highest BCUT2D eigenvalue weighted by Gasteiger charge is 2.10. The van der Waals surface area contributed by atoms with Gasteiger partial charge in [0.05, 0.1) is 16.5 Å². The molecule has 7 heteroatoms. The molecule has 0 spiro atoms. The molecule has 1 rings (SSSR count). The molecule has 17 heavy (non-hydrogen) atoms. The van der Waals surface area contributed by atoms with Crippen molar-refractivity contribution < 1.29 is 13.5 Å². The van der Waals surface area contributed by atoms with Crippen LogP contribution in [0.1, 0.15) is 12.8 Å². The topological polar surface area (TPSA) is 66.4 Å². The van der Waals surface area contributed by atoms with Gasteiger partial charge in [0.1, 0.15) is 0 Å². The van der Waals surface area contributed by atoms with E-state index < -0.39 is 10.0 Å². The van der Waals surface area contributed by atoms with E-state index in [9.17, 15) is 8.42 Å². The Hall–Kier alpha value is -0.300. The maximum atomic E-state index is 11.6. The second-order valence-electron chi connectivity index (χ2n) is 3.48. The van der Waals surface area contributed by atoms with Gasteiger partial charge in [0, 0.05) is 11.1 Å². The maximum Gasteiger partial charge on any atom is 0.232 e. The number of benzene rings is 1. The van der Waals surface area contributed by atoms with Gasteiger partial charge in [-0.3, -0.25) is 4.72 Å². The molecule has 0 bridgehead atoms. The number of hydrogen-bond acceptors (Lipinski definition) is 3. The number of rotatable bonds is 6. The lowest BCUT2D eigenvalue weighted by Gasteiger charge is -2.08. The summed E-state index contributed by atoms with van der Waals surface area (Å²) in [6.07, 6.45) is 0.901. The number of anilines is 1. The molecule has 1 aromatic rings. The zero-order chi connectivity index (χ0) is 12.9. The molecule has 0 unspecified atom stereocenters. The van der Waals surface area contributed by atoms with E-state index in [0.717, 1.165) is 0 Å². The zero-order valence-corrected chi connectivity index (χ0v) is 12.1. The predicted molar refractivity (Wildman–Crippen MR) is 72.9 cm³/mol. The fraction of sp³-hybridized carbons (Fsp3) is 0.400. The second kappa shape index (κ2) is 6.58. The SMILES string of the molecule is O=S(=O)(CCCCO)Nc1ccc(Br)c(Cl)c1. The summed E-state index contributed by atoms with van der Waals surface area (Å²) in [6, 6.07) is 4.84. The van der Waals surface area contributed by atoms with Crippen LogP contribution in [-0.4, -0.2) is 25.9 Å². The Bertz CT molecular complexity index is 478.